The number of Topliss-reactive ketones (excluding diaryl/α,β-unsaturated/α-hetero) is 1. The molecule has 88 valence electrons. The number of ketones is 1. The molecule has 0 aliphatic heterocycles. The number of rotatable bonds is 6. The van der Waals surface area contributed by atoms with Gasteiger partial charge in [0.25, 0.3) is 0 Å². The number of carbonyl (C=O) groups excluding carboxylic acids is 1. The van der Waals surface area contributed by atoms with Gasteiger partial charge in [0.15, 0.2) is 0 Å². The summed E-state index contributed by atoms with van der Waals surface area (Å²) in [4.78, 5) is 11.0. The molecule has 1 unspecified atom stereocenters. The van der Waals surface area contributed by atoms with Crippen molar-refractivity contribution >= 4 is 5.78 Å². The minimum atomic E-state index is -0.275. The summed E-state index contributed by atoms with van der Waals surface area (Å²) in [6.45, 7) is 4.11. The standard InChI is InChI=1S/C13H17FO2/c1-3-11(8-10(2)15)9-16-13-6-4-12(14)5-7-13/h4-7,11H,3,8-9H2,1-2H3. The molecule has 1 rings (SSSR count). The molecule has 0 bridgehead atoms. The Balaban J connectivity index is 2.43. The van der Waals surface area contributed by atoms with E-state index in [2.05, 4.69) is 0 Å². The Kier molecular flexibility index (Phi) is 4.96. The predicted molar refractivity (Wildman–Crippen MR) is 61.0 cm³/mol. The molecule has 0 spiro atoms. The van der Waals surface area contributed by atoms with Gasteiger partial charge in [0.1, 0.15) is 17.3 Å². The Morgan fingerprint density at radius 2 is 2.00 bits per heavy atom. The van der Waals surface area contributed by atoms with E-state index in [1.165, 1.54) is 12.1 Å². The summed E-state index contributed by atoms with van der Waals surface area (Å²) in [5, 5.41) is 0. The molecule has 0 fully saturated rings. The Bertz CT molecular complexity index is 332. The van der Waals surface area contributed by atoms with Crippen molar-refractivity contribution in [2.75, 3.05) is 6.61 Å². The van der Waals surface area contributed by atoms with Crippen LogP contribution in [0, 0.1) is 11.7 Å². The van der Waals surface area contributed by atoms with Gasteiger partial charge in [-0.3, -0.25) is 0 Å². The number of hydrogen-bond acceptors (Lipinski definition) is 2. The summed E-state index contributed by atoms with van der Waals surface area (Å²) in [6, 6.07) is 5.91. The first-order valence-electron chi connectivity index (χ1n) is 5.49. The normalized spacial score (nSPS) is 12.2. The lowest BCUT2D eigenvalue weighted by Gasteiger charge is -2.14. The molecule has 1 atom stereocenters. The van der Waals surface area contributed by atoms with Gasteiger partial charge in [-0.15, -0.1) is 0 Å². The third kappa shape index (κ3) is 4.43. The van der Waals surface area contributed by atoms with E-state index in [-0.39, 0.29) is 17.5 Å². The van der Waals surface area contributed by atoms with E-state index >= 15 is 0 Å². The minimum absolute atomic E-state index is 0.176. The summed E-state index contributed by atoms with van der Waals surface area (Å²) in [6.07, 6.45) is 1.44. The maximum absolute atomic E-state index is 12.6. The molecule has 0 aliphatic carbocycles. The van der Waals surface area contributed by atoms with Crippen LogP contribution >= 0.6 is 0 Å². The fraction of sp³-hybridized carbons (Fsp3) is 0.462. The van der Waals surface area contributed by atoms with Crippen molar-refractivity contribution in [3.05, 3.63) is 30.1 Å². The molecule has 0 saturated heterocycles. The molecule has 2 nitrogen and oxygen atoms in total. The van der Waals surface area contributed by atoms with Crippen molar-refractivity contribution in [1.82, 2.24) is 0 Å². The first-order valence-corrected chi connectivity index (χ1v) is 5.49. The zero-order valence-corrected chi connectivity index (χ0v) is 9.70. The zero-order valence-electron chi connectivity index (χ0n) is 9.70. The molecule has 3 heteroatoms. The number of halogens is 1. The van der Waals surface area contributed by atoms with Gasteiger partial charge in [-0.25, -0.2) is 4.39 Å². The highest BCUT2D eigenvalue weighted by Gasteiger charge is 2.09. The van der Waals surface area contributed by atoms with Crippen LogP contribution in [0.3, 0.4) is 0 Å². The van der Waals surface area contributed by atoms with Crippen molar-refractivity contribution in [2.24, 2.45) is 5.92 Å². The molecular weight excluding hydrogens is 207 g/mol. The Morgan fingerprint density at radius 3 is 2.50 bits per heavy atom. The van der Waals surface area contributed by atoms with Crippen LogP contribution in [0.25, 0.3) is 0 Å². The van der Waals surface area contributed by atoms with E-state index in [1.807, 2.05) is 6.92 Å². The van der Waals surface area contributed by atoms with Gasteiger partial charge < -0.3 is 9.53 Å². The largest absolute Gasteiger partial charge is 0.493 e. The Labute approximate surface area is 95.4 Å². The van der Waals surface area contributed by atoms with Crippen LogP contribution in [0.4, 0.5) is 4.39 Å². The van der Waals surface area contributed by atoms with Crippen LogP contribution in [0.2, 0.25) is 0 Å². The van der Waals surface area contributed by atoms with Crippen LogP contribution in [0.15, 0.2) is 24.3 Å². The minimum Gasteiger partial charge on any atom is -0.493 e. The highest BCUT2D eigenvalue weighted by atomic mass is 19.1. The molecule has 1 aromatic rings. The summed E-state index contributed by atoms with van der Waals surface area (Å²) in [5.74, 6) is 0.781. The predicted octanol–water partition coefficient (Wildman–Crippen LogP) is 3.21. The van der Waals surface area contributed by atoms with Crippen LogP contribution < -0.4 is 4.74 Å². The molecule has 0 aliphatic rings. The van der Waals surface area contributed by atoms with Crippen molar-refractivity contribution in [3.8, 4) is 5.75 Å². The fourth-order valence-electron chi connectivity index (χ4n) is 1.47. The maximum Gasteiger partial charge on any atom is 0.130 e. The molecule has 0 N–H and O–H groups in total. The molecular formula is C13H17FO2. The second-order valence-electron chi connectivity index (χ2n) is 3.95. The average molecular weight is 224 g/mol. The van der Waals surface area contributed by atoms with Crippen molar-refractivity contribution in [2.45, 2.75) is 26.7 Å². The SMILES string of the molecule is CCC(COc1ccc(F)cc1)CC(C)=O. The van der Waals surface area contributed by atoms with Crippen molar-refractivity contribution in [1.29, 1.82) is 0 Å². The molecule has 0 aromatic heterocycles. The van der Waals surface area contributed by atoms with Crippen LogP contribution in [0.1, 0.15) is 26.7 Å². The maximum atomic E-state index is 12.6. The second-order valence-corrected chi connectivity index (χ2v) is 3.95. The van der Waals surface area contributed by atoms with Crippen LogP contribution in [-0.2, 0) is 4.79 Å². The molecule has 0 saturated carbocycles. The molecule has 0 amide bonds. The van der Waals surface area contributed by atoms with Crippen molar-refractivity contribution < 1.29 is 13.9 Å². The van der Waals surface area contributed by atoms with Gasteiger partial charge in [-0.05, 0) is 43.5 Å². The summed E-state index contributed by atoms with van der Waals surface area (Å²) in [5.41, 5.74) is 0. The van der Waals surface area contributed by atoms with Gasteiger partial charge >= 0.3 is 0 Å². The highest BCUT2D eigenvalue weighted by molar-refractivity contribution is 5.75. The third-order valence-corrected chi connectivity index (χ3v) is 2.45. The van der Waals surface area contributed by atoms with Gasteiger partial charge in [-0.1, -0.05) is 6.92 Å². The number of benzene rings is 1. The number of ether oxygens (including phenoxy) is 1. The summed E-state index contributed by atoms with van der Waals surface area (Å²) >= 11 is 0. The third-order valence-electron chi connectivity index (χ3n) is 2.45. The molecule has 16 heavy (non-hydrogen) atoms. The highest BCUT2D eigenvalue weighted by Crippen LogP contribution is 2.15. The Morgan fingerprint density at radius 1 is 1.38 bits per heavy atom. The fourth-order valence-corrected chi connectivity index (χ4v) is 1.47. The van der Waals surface area contributed by atoms with E-state index in [1.54, 1.807) is 19.1 Å². The van der Waals surface area contributed by atoms with Gasteiger partial charge in [-0.2, -0.15) is 0 Å². The monoisotopic (exact) mass is 224 g/mol. The lowest BCUT2D eigenvalue weighted by Crippen LogP contribution is -2.14. The van der Waals surface area contributed by atoms with E-state index in [9.17, 15) is 9.18 Å². The number of hydrogen-bond donors (Lipinski definition) is 0. The summed E-state index contributed by atoms with van der Waals surface area (Å²) < 4.78 is 18.1. The first-order chi connectivity index (χ1) is 7.61. The van der Waals surface area contributed by atoms with Gasteiger partial charge in [0, 0.05) is 6.42 Å². The van der Waals surface area contributed by atoms with Crippen LogP contribution in [0.5, 0.6) is 5.75 Å². The van der Waals surface area contributed by atoms with E-state index in [4.69, 9.17) is 4.74 Å². The quantitative estimate of drug-likeness (QED) is 0.741. The lowest BCUT2D eigenvalue weighted by molar-refractivity contribution is -0.118. The number of carbonyl (C=O) groups is 1. The van der Waals surface area contributed by atoms with Gasteiger partial charge in [0.2, 0.25) is 0 Å². The van der Waals surface area contributed by atoms with E-state index < -0.39 is 0 Å². The first kappa shape index (κ1) is 12.7. The second kappa shape index (κ2) is 6.26. The average Bonchev–Trinajstić information content (AvgIpc) is 2.26. The molecule has 1 aromatic carbocycles. The molecule has 0 heterocycles. The van der Waals surface area contributed by atoms with Crippen molar-refractivity contribution in [3.63, 3.8) is 0 Å². The smallest absolute Gasteiger partial charge is 0.130 e. The van der Waals surface area contributed by atoms with Gasteiger partial charge in [0.05, 0.1) is 6.61 Å². The van der Waals surface area contributed by atoms with Crippen LogP contribution in [-0.4, -0.2) is 12.4 Å². The van der Waals surface area contributed by atoms with E-state index in [0.717, 1.165) is 6.42 Å². The zero-order chi connectivity index (χ0) is 12.0. The summed E-state index contributed by atoms with van der Waals surface area (Å²) in [7, 11) is 0. The lowest BCUT2D eigenvalue weighted by atomic mass is 10.0. The Hall–Kier alpha value is -1.38. The topological polar surface area (TPSA) is 26.3 Å². The van der Waals surface area contributed by atoms with E-state index in [0.29, 0.717) is 18.8 Å². The molecule has 0 radical (unpaired) electrons.